The molecule has 0 saturated heterocycles. The van der Waals surface area contributed by atoms with Crippen molar-refractivity contribution >= 4 is 5.69 Å². The molecule has 0 fully saturated rings. The normalized spacial score (nSPS) is 10.4. The summed E-state index contributed by atoms with van der Waals surface area (Å²) in [6.07, 6.45) is 4.42. The number of ether oxygens (including phenoxy) is 1. The molecular weight excluding hydrogens is 202 g/mol. The first-order valence-corrected chi connectivity index (χ1v) is 5.93. The van der Waals surface area contributed by atoms with Crippen LogP contribution in [-0.2, 0) is 6.42 Å². The lowest BCUT2D eigenvalue weighted by Crippen LogP contribution is -1.99. The first-order valence-electron chi connectivity index (χ1n) is 5.93. The lowest BCUT2D eigenvalue weighted by atomic mass is 10.1. The molecule has 0 amide bonds. The predicted molar refractivity (Wildman–Crippen MR) is 66.9 cm³/mol. The highest BCUT2D eigenvalue weighted by Crippen LogP contribution is 2.31. The fraction of sp³-hybridized carbons (Fsp3) is 0.538. The van der Waals surface area contributed by atoms with Gasteiger partial charge < -0.3 is 15.6 Å². The zero-order valence-corrected chi connectivity index (χ0v) is 10.1. The molecule has 3 nitrogen and oxygen atoms in total. The second-order valence-electron chi connectivity index (χ2n) is 3.91. The number of nitrogen functional groups attached to an aromatic ring is 1. The zero-order chi connectivity index (χ0) is 12.0. The number of unbranched alkanes of at least 4 members (excludes halogenated alkanes) is 2. The summed E-state index contributed by atoms with van der Waals surface area (Å²) in [5.41, 5.74) is 7.07. The molecule has 16 heavy (non-hydrogen) atoms. The van der Waals surface area contributed by atoms with E-state index in [-0.39, 0.29) is 5.75 Å². The summed E-state index contributed by atoms with van der Waals surface area (Å²) >= 11 is 0. The fourth-order valence-electron chi connectivity index (χ4n) is 1.68. The van der Waals surface area contributed by atoms with Gasteiger partial charge in [-0.05, 0) is 31.4 Å². The Kier molecular flexibility index (Phi) is 4.96. The van der Waals surface area contributed by atoms with Crippen LogP contribution >= 0.6 is 0 Å². The first kappa shape index (κ1) is 12.7. The summed E-state index contributed by atoms with van der Waals surface area (Å²) in [6.45, 7) is 4.73. The predicted octanol–water partition coefficient (Wildman–Crippen LogP) is 3.11. The number of aryl methyl sites for hydroxylation is 1. The van der Waals surface area contributed by atoms with Gasteiger partial charge in [-0.1, -0.05) is 19.8 Å². The first-order chi connectivity index (χ1) is 7.69. The minimum absolute atomic E-state index is 0.148. The van der Waals surface area contributed by atoms with Crippen LogP contribution in [0.15, 0.2) is 12.1 Å². The number of hydrogen-bond donors (Lipinski definition) is 2. The van der Waals surface area contributed by atoms with Crippen LogP contribution in [0, 0.1) is 0 Å². The van der Waals surface area contributed by atoms with Crippen LogP contribution in [0.25, 0.3) is 0 Å². The van der Waals surface area contributed by atoms with Gasteiger partial charge in [-0.15, -0.1) is 0 Å². The number of benzene rings is 1. The molecule has 1 rings (SSSR count). The van der Waals surface area contributed by atoms with Crippen molar-refractivity contribution in [1.82, 2.24) is 0 Å². The van der Waals surface area contributed by atoms with E-state index in [2.05, 4.69) is 6.92 Å². The van der Waals surface area contributed by atoms with Crippen LogP contribution < -0.4 is 10.5 Å². The Bertz CT molecular complexity index is 337. The number of anilines is 1. The van der Waals surface area contributed by atoms with Gasteiger partial charge in [0.15, 0.2) is 0 Å². The Morgan fingerprint density at radius 1 is 1.25 bits per heavy atom. The molecule has 0 aromatic heterocycles. The molecule has 0 aliphatic carbocycles. The molecule has 0 radical (unpaired) electrons. The highest BCUT2D eigenvalue weighted by atomic mass is 16.5. The monoisotopic (exact) mass is 223 g/mol. The molecule has 3 heteroatoms. The molecule has 1 aromatic carbocycles. The molecule has 0 atom stereocenters. The fourth-order valence-corrected chi connectivity index (χ4v) is 1.68. The standard InChI is InChI=1S/C13H21NO2/c1-3-5-6-7-10-8-12(15)11(14)9-13(10)16-4-2/h8-9,15H,3-7,14H2,1-2H3. The third-order valence-electron chi connectivity index (χ3n) is 2.56. The van der Waals surface area contributed by atoms with Crippen molar-refractivity contribution in [3.8, 4) is 11.5 Å². The molecular formula is C13H21NO2. The van der Waals surface area contributed by atoms with Crippen molar-refractivity contribution in [3.63, 3.8) is 0 Å². The van der Waals surface area contributed by atoms with E-state index in [9.17, 15) is 5.11 Å². The lowest BCUT2D eigenvalue weighted by molar-refractivity contribution is 0.335. The second-order valence-corrected chi connectivity index (χ2v) is 3.91. The Balaban J connectivity index is 2.82. The number of aromatic hydroxyl groups is 1. The van der Waals surface area contributed by atoms with Crippen LogP contribution in [0.1, 0.15) is 38.7 Å². The molecule has 0 spiro atoms. The molecule has 0 saturated carbocycles. The van der Waals surface area contributed by atoms with E-state index < -0.39 is 0 Å². The summed E-state index contributed by atoms with van der Waals surface area (Å²) in [7, 11) is 0. The van der Waals surface area contributed by atoms with Gasteiger partial charge in [0.1, 0.15) is 11.5 Å². The third kappa shape index (κ3) is 3.33. The average Bonchev–Trinajstić information content (AvgIpc) is 2.25. The summed E-state index contributed by atoms with van der Waals surface area (Å²) in [5, 5.41) is 9.57. The molecule has 0 heterocycles. The largest absolute Gasteiger partial charge is 0.506 e. The Labute approximate surface area is 97.2 Å². The van der Waals surface area contributed by atoms with Crippen LogP contribution in [0.2, 0.25) is 0 Å². The maximum Gasteiger partial charge on any atom is 0.139 e. The highest BCUT2D eigenvalue weighted by Gasteiger charge is 2.08. The Morgan fingerprint density at radius 2 is 2.00 bits per heavy atom. The molecule has 0 aliphatic rings. The van der Waals surface area contributed by atoms with E-state index >= 15 is 0 Å². The second kappa shape index (κ2) is 6.26. The zero-order valence-electron chi connectivity index (χ0n) is 10.1. The van der Waals surface area contributed by atoms with Crippen LogP contribution in [0.5, 0.6) is 11.5 Å². The summed E-state index contributed by atoms with van der Waals surface area (Å²) in [6, 6.07) is 3.43. The Morgan fingerprint density at radius 3 is 2.62 bits per heavy atom. The van der Waals surface area contributed by atoms with Crippen LogP contribution in [-0.4, -0.2) is 11.7 Å². The molecule has 0 aliphatic heterocycles. The van der Waals surface area contributed by atoms with E-state index in [1.54, 1.807) is 12.1 Å². The maximum absolute atomic E-state index is 9.57. The van der Waals surface area contributed by atoms with Crippen molar-refractivity contribution in [2.24, 2.45) is 0 Å². The van der Waals surface area contributed by atoms with Gasteiger partial charge in [0.2, 0.25) is 0 Å². The van der Waals surface area contributed by atoms with E-state index in [1.807, 2.05) is 6.92 Å². The van der Waals surface area contributed by atoms with Gasteiger partial charge in [0.25, 0.3) is 0 Å². The highest BCUT2D eigenvalue weighted by molar-refractivity contribution is 5.58. The molecule has 0 unspecified atom stereocenters. The van der Waals surface area contributed by atoms with Crippen molar-refractivity contribution < 1.29 is 9.84 Å². The van der Waals surface area contributed by atoms with Gasteiger partial charge in [-0.2, -0.15) is 0 Å². The van der Waals surface area contributed by atoms with E-state index in [1.165, 1.54) is 12.8 Å². The smallest absolute Gasteiger partial charge is 0.139 e. The van der Waals surface area contributed by atoms with Crippen LogP contribution in [0.3, 0.4) is 0 Å². The summed E-state index contributed by atoms with van der Waals surface area (Å²) < 4.78 is 5.51. The number of phenols is 1. The average molecular weight is 223 g/mol. The van der Waals surface area contributed by atoms with Gasteiger partial charge >= 0.3 is 0 Å². The summed E-state index contributed by atoms with van der Waals surface area (Å²) in [5.74, 6) is 0.948. The van der Waals surface area contributed by atoms with Crippen molar-refractivity contribution in [2.45, 2.75) is 39.5 Å². The lowest BCUT2D eigenvalue weighted by Gasteiger charge is -2.12. The minimum atomic E-state index is 0.148. The number of hydrogen-bond acceptors (Lipinski definition) is 3. The molecule has 1 aromatic rings. The van der Waals surface area contributed by atoms with Crippen molar-refractivity contribution in [2.75, 3.05) is 12.3 Å². The third-order valence-corrected chi connectivity index (χ3v) is 2.56. The maximum atomic E-state index is 9.57. The van der Waals surface area contributed by atoms with Gasteiger partial charge in [-0.25, -0.2) is 0 Å². The quantitative estimate of drug-likeness (QED) is 0.442. The number of nitrogens with two attached hydrogens (primary N) is 1. The Hall–Kier alpha value is -1.38. The van der Waals surface area contributed by atoms with Crippen molar-refractivity contribution in [3.05, 3.63) is 17.7 Å². The van der Waals surface area contributed by atoms with E-state index in [4.69, 9.17) is 10.5 Å². The van der Waals surface area contributed by atoms with Gasteiger partial charge in [0.05, 0.1) is 12.3 Å². The van der Waals surface area contributed by atoms with Gasteiger partial charge in [-0.3, -0.25) is 0 Å². The van der Waals surface area contributed by atoms with Crippen LogP contribution in [0.4, 0.5) is 5.69 Å². The SMILES string of the molecule is CCCCCc1cc(O)c(N)cc1OCC. The number of rotatable bonds is 6. The molecule has 90 valence electrons. The topological polar surface area (TPSA) is 55.5 Å². The summed E-state index contributed by atoms with van der Waals surface area (Å²) in [4.78, 5) is 0. The van der Waals surface area contributed by atoms with Crippen molar-refractivity contribution in [1.29, 1.82) is 0 Å². The number of phenolic OH excluding ortho intramolecular Hbond substituents is 1. The van der Waals surface area contributed by atoms with Gasteiger partial charge in [0, 0.05) is 6.07 Å². The van der Waals surface area contributed by atoms with E-state index in [0.29, 0.717) is 12.3 Å². The molecule has 3 N–H and O–H groups in total. The van der Waals surface area contributed by atoms with E-state index in [0.717, 1.165) is 24.2 Å². The molecule has 0 bridgehead atoms. The minimum Gasteiger partial charge on any atom is -0.506 e.